The molecule has 6 nitrogen and oxygen atoms in total. The van der Waals surface area contributed by atoms with Gasteiger partial charge in [-0.15, -0.1) is 11.3 Å². The fourth-order valence-corrected chi connectivity index (χ4v) is 3.58. The molecule has 0 radical (unpaired) electrons. The summed E-state index contributed by atoms with van der Waals surface area (Å²) in [4.78, 5) is 29.1. The van der Waals surface area contributed by atoms with Gasteiger partial charge >= 0.3 is 6.09 Å². The average molecular weight is 378 g/mol. The number of amides is 2. The predicted octanol–water partition coefficient (Wildman–Crippen LogP) is 3.94. The molecule has 26 heavy (non-hydrogen) atoms. The largest absolute Gasteiger partial charge is 0.447 e. The molecule has 0 aliphatic carbocycles. The van der Waals surface area contributed by atoms with E-state index in [1.165, 1.54) is 5.56 Å². The molecule has 0 spiro atoms. The number of ether oxygens (including phenoxy) is 1. The van der Waals surface area contributed by atoms with Gasteiger partial charge in [0.05, 0.1) is 22.4 Å². The number of nitrogens with zero attached hydrogens (tertiary/aromatic N) is 1. The number of carbonyl (C=O) groups excluding carboxylic acids is 2. The molecule has 0 aliphatic rings. The van der Waals surface area contributed by atoms with E-state index >= 15 is 0 Å². The number of aromatic nitrogens is 1. The van der Waals surface area contributed by atoms with Gasteiger partial charge in [-0.05, 0) is 51.3 Å². The molecule has 7 heteroatoms. The van der Waals surface area contributed by atoms with Crippen LogP contribution >= 0.6 is 11.3 Å². The van der Waals surface area contributed by atoms with Gasteiger partial charge in [-0.25, -0.2) is 9.78 Å². The monoisotopic (exact) mass is 377 g/mol. The Labute approximate surface area is 158 Å². The maximum Gasteiger partial charge on any atom is 0.408 e. The van der Waals surface area contributed by atoms with Gasteiger partial charge in [0.15, 0.2) is 0 Å². The quantitative estimate of drug-likeness (QED) is 0.799. The zero-order chi connectivity index (χ0) is 19.4. The molecule has 1 heterocycles. The van der Waals surface area contributed by atoms with Gasteiger partial charge in [-0.3, -0.25) is 4.79 Å². The number of rotatable bonds is 6. The van der Waals surface area contributed by atoms with Crippen molar-refractivity contribution in [1.82, 2.24) is 15.6 Å². The summed E-state index contributed by atoms with van der Waals surface area (Å²) in [6, 6.07) is 5.18. The highest BCUT2D eigenvalue weighted by Gasteiger charge is 2.27. The number of hydrogen-bond acceptors (Lipinski definition) is 5. The molecule has 2 unspecified atom stereocenters. The number of carbonyl (C=O) groups is 2. The number of thiazole rings is 1. The normalized spacial score (nSPS) is 13.7. The van der Waals surface area contributed by atoms with Crippen LogP contribution in [0.25, 0.3) is 10.2 Å². The molecule has 0 saturated heterocycles. The Morgan fingerprint density at radius 3 is 2.42 bits per heavy atom. The molecule has 2 rings (SSSR count). The second kappa shape index (κ2) is 8.49. The van der Waals surface area contributed by atoms with Crippen LogP contribution in [-0.4, -0.2) is 29.1 Å². The third-order valence-corrected chi connectivity index (χ3v) is 5.06. The van der Waals surface area contributed by atoms with Crippen LogP contribution in [0.3, 0.4) is 0 Å². The zero-order valence-corrected chi connectivity index (χ0v) is 16.9. The van der Waals surface area contributed by atoms with E-state index in [1.807, 2.05) is 39.8 Å². The minimum absolute atomic E-state index is 0.0695. The van der Waals surface area contributed by atoms with E-state index in [9.17, 15) is 9.59 Å². The Morgan fingerprint density at radius 2 is 1.81 bits per heavy atom. The first kappa shape index (κ1) is 20.2. The summed E-state index contributed by atoms with van der Waals surface area (Å²) >= 11 is 1.57. The fourth-order valence-electron chi connectivity index (χ4n) is 2.51. The molecule has 0 aliphatic heterocycles. The van der Waals surface area contributed by atoms with E-state index in [4.69, 9.17) is 4.74 Å². The van der Waals surface area contributed by atoms with Crippen LogP contribution in [0.4, 0.5) is 4.79 Å². The maximum atomic E-state index is 12.7. The van der Waals surface area contributed by atoms with E-state index in [0.717, 1.165) is 15.2 Å². The first-order valence-electron chi connectivity index (χ1n) is 8.82. The van der Waals surface area contributed by atoms with Crippen molar-refractivity contribution in [3.8, 4) is 0 Å². The van der Waals surface area contributed by atoms with Crippen molar-refractivity contribution in [2.24, 2.45) is 5.92 Å². The lowest BCUT2D eigenvalue weighted by atomic mass is 10.0. The molecule has 0 saturated carbocycles. The Bertz CT molecular complexity index is 785. The highest BCUT2D eigenvalue weighted by atomic mass is 32.1. The number of hydrogen-bond donors (Lipinski definition) is 2. The van der Waals surface area contributed by atoms with E-state index in [2.05, 4.69) is 21.7 Å². The Morgan fingerprint density at radius 1 is 1.12 bits per heavy atom. The molecule has 1 aromatic heterocycles. The van der Waals surface area contributed by atoms with Crippen molar-refractivity contribution in [3.63, 3.8) is 0 Å². The summed E-state index contributed by atoms with van der Waals surface area (Å²) in [5, 5.41) is 6.44. The van der Waals surface area contributed by atoms with Crippen LogP contribution in [0.5, 0.6) is 0 Å². The number of fused-ring (bicyclic) bond motifs is 1. The summed E-state index contributed by atoms with van der Waals surface area (Å²) < 4.78 is 6.18. The first-order valence-corrected chi connectivity index (χ1v) is 9.63. The highest BCUT2D eigenvalue weighted by molar-refractivity contribution is 7.18. The SMILES string of the molecule is Cc1ccc2nc(C(C)NC(=O)C(NC(=O)OC(C)C)C(C)C)sc2c1. The van der Waals surface area contributed by atoms with E-state index < -0.39 is 12.1 Å². The maximum absolute atomic E-state index is 12.7. The summed E-state index contributed by atoms with van der Waals surface area (Å²) in [5.41, 5.74) is 2.10. The van der Waals surface area contributed by atoms with Gasteiger partial charge in [0.25, 0.3) is 0 Å². The second-order valence-corrected chi connectivity index (χ2v) is 8.14. The van der Waals surface area contributed by atoms with Crippen LogP contribution in [0.15, 0.2) is 18.2 Å². The van der Waals surface area contributed by atoms with E-state index in [-0.39, 0.29) is 24.0 Å². The lowest BCUT2D eigenvalue weighted by Crippen LogP contribution is -2.50. The molecule has 2 atom stereocenters. The lowest BCUT2D eigenvalue weighted by Gasteiger charge is -2.23. The number of benzene rings is 1. The molecule has 0 fully saturated rings. The third kappa shape index (κ3) is 5.17. The van der Waals surface area contributed by atoms with Crippen molar-refractivity contribution < 1.29 is 14.3 Å². The van der Waals surface area contributed by atoms with Gasteiger partial charge in [-0.1, -0.05) is 19.9 Å². The molecule has 1 aromatic carbocycles. The fraction of sp³-hybridized carbons (Fsp3) is 0.526. The minimum Gasteiger partial charge on any atom is -0.447 e. The van der Waals surface area contributed by atoms with Crippen molar-refractivity contribution >= 4 is 33.6 Å². The van der Waals surface area contributed by atoms with Gasteiger partial charge in [0.1, 0.15) is 11.0 Å². The summed E-state index contributed by atoms with van der Waals surface area (Å²) in [6.45, 7) is 11.2. The molecule has 2 aromatic rings. The Balaban J connectivity index is 2.07. The van der Waals surface area contributed by atoms with Crippen molar-refractivity contribution in [2.45, 2.75) is 59.7 Å². The summed E-state index contributed by atoms with van der Waals surface area (Å²) in [7, 11) is 0. The first-order chi connectivity index (χ1) is 12.2. The zero-order valence-electron chi connectivity index (χ0n) is 16.1. The van der Waals surface area contributed by atoms with Gasteiger partial charge in [-0.2, -0.15) is 0 Å². The average Bonchev–Trinajstić information content (AvgIpc) is 2.94. The summed E-state index contributed by atoms with van der Waals surface area (Å²) in [6.07, 6.45) is -0.826. The van der Waals surface area contributed by atoms with Crippen molar-refractivity contribution in [1.29, 1.82) is 0 Å². The number of nitrogens with one attached hydrogen (secondary N) is 2. The molecule has 2 amide bonds. The predicted molar refractivity (Wildman–Crippen MR) is 104 cm³/mol. The number of aryl methyl sites for hydroxylation is 1. The third-order valence-electron chi connectivity index (χ3n) is 3.85. The topological polar surface area (TPSA) is 80.3 Å². The minimum atomic E-state index is -0.666. The van der Waals surface area contributed by atoms with Crippen LogP contribution in [0.1, 0.15) is 51.2 Å². The number of alkyl carbamates (subject to hydrolysis) is 1. The van der Waals surface area contributed by atoms with Gasteiger partial charge in [0, 0.05) is 0 Å². The molecule has 2 N–H and O–H groups in total. The molecular formula is C19H27N3O3S. The van der Waals surface area contributed by atoms with Crippen molar-refractivity contribution in [2.75, 3.05) is 0 Å². The second-order valence-electron chi connectivity index (χ2n) is 7.07. The van der Waals surface area contributed by atoms with Crippen LogP contribution in [0.2, 0.25) is 0 Å². The standard InChI is InChI=1S/C19H27N3O3S/c1-10(2)16(22-19(24)25-11(3)4)17(23)20-13(6)18-21-14-8-7-12(5)9-15(14)26-18/h7-11,13,16H,1-6H3,(H,20,23)(H,22,24). The Hall–Kier alpha value is -2.15. The Kier molecular flexibility index (Phi) is 6.58. The van der Waals surface area contributed by atoms with Crippen LogP contribution < -0.4 is 10.6 Å². The smallest absolute Gasteiger partial charge is 0.408 e. The van der Waals surface area contributed by atoms with Crippen molar-refractivity contribution in [3.05, 3.63) is 28.8 Å². The molecule has 142 valence electrons. The van der Waals surface area contributed by atoms with E-state index in [1.54, 1.807) is 25.2 Å². The highest BCUT2D eigenvalue weighted by Crippen LogP contribution is 2.27. The molecular weight excluding hydrogens is 350 g/mol. The summed E-state index contributed by atoms with van der Waals surface area (Å²) in [5.74, 6) is -0.316. The lowest BCUT2D eigenvalue weighted by molar-refractivity contribution is -0.124. The van der Waals surface area contributed by atoms with E-state index in [0.29, 0.717) is 0 Å². The molecule has 0 bridgehead atoms. The van der Waals surface area contributed by atoms with Gasteiger partial charge in [0.2, 0.25) is 5.91 Å². The van der Waals surface area contributed by atoms with Crippen LogP contribution in [0, 0.1) is 12.8 Å². The van der Waals surface area contributed by atoms with Gasteiger partial charge < -0.3 is 15.4 Å². The van der Waals surface area contributed by atoms with Crippen LogP contribution in [-0.2, 0) is 9.53 Å².